The Morgan fingerprint density at radius 2 is 1.84 bits per heavy atom. The summed E-state index contributed by atoms with van der Waals surface area (Å²) in [5.41, 5.74) is 0. The van der Waals surface area contributed by atoms with E-state index in [1.807, 2.05) is 0 Å². The van der Waals surface area contributed by atoms with Gasteiger partial charge in [0.25, 0.3) is 0 Å². The Morgan fingerprint density at radius 3 is 2.58 bits per heavy atom. The third kappa shape index (κ3) is 5.07. The topological polar surface area (TPSA) is 21.3 Å². The molecule has 0 amide bonds. The van der Waals surface area contributed by atoms with Gasteiger partial charge < -0.3 is 10.1 Å². The molecule has 2 heteroatoms. The molecule has 2 fully saturated rings. The molecular formula is C17H33NO. The molecule has 1 N–H and O–H groups in total. The summed E-state index contributed by atoms with van der Waals surface area (Å²) < 4.78 is 6.12. The van der Waals surface area contributed by atoms with Gasteiger partial charge in [-0.05, 0) is 69.7 Å². The molecule has 0 heterocycles. The van der Waals surface area contributed by atoms with Crippen molar-refractivity contribution in [1.82, 2.24) is 5.32 Å². The fraction of sp³-hybridized carbons (Fsp3) is 1.00. The molecule has 0 aromatic rings. The standard InChI is InChI=1S/C17H33NO/c1-3-12-18-17-6-4-5-15(17)11-13-19-16-9-7-14(2)8-10-16/h14-18H,3-13H2,1-2H3. The number of nitrogens with one attached hydrogen (secondary N) is 1. The molecule has 0 radical (unpaired) electrons. The zero-order valence-electron chi connectivity index (χ0n) is 13.0. The highest BCUT2D eigenvalue weighted by Crippen LogP contribution is 2.30. The van der Waals surface area contributed by atoms with Crippen LogP contribution in [-0.4, -0.2) is 25.3 Å². The summed E-state index contributed by atoms with van der Waals surface area (Å²) in [6.45, 7) is 6.81. The van der Waals surface area contributed by atoms with Crippen molar-refractivity contribution in [2.45, 2.75) is 83.8 Å². The van der Waals surface area contributed by atoms with Gasteiger partial charge >= 0.3 is 0 Å². The molecule has 0 bridgehead atoms. The lowest BCUT2D eigenvalue weighted by Gasteiger charge is -2.27. The number of hydrogen-bond donors (Lipinski definition) is 1. The van der Waals surface area contributed by atoms with E-state index < -0.39 is 0 Å². The zero-order valence-corrected chi connectivity index (χ0v) is 13.0. The minimum absolute atomic E-state index is 0.569. The molecule has 2 nitrogen and oxygen atoms in total. The first-order valence-corrected chi connectivity index (χ1v) is 8.64. The van der Waals surface area contributed by atoms with Crippen molar-refractivity contribution >= 4 is 0 Å². The van der Waals surface area contributed by atoms with Crippen molar-refractivity contribution in [2.24, 2.45) is 11.8 Å². The van der Waals surface area contributed by atoms with Crippen LogP contribution in [-0.2, 0) is 4.74 Å². The summed E-state index contributed by atoms with van der Waals surface area (Å²) >= 11 is 0. The average Bonchev–Trinajstić information content (AvgIpc) is 2.86. The highest BCUT2D eigenvalue weighted by Gasteiger charge is 2.26. The van der Waals surface area contributed by atoms with Crippen LogP contribution >= 0.6 is 0 Å². The van der Waals surface area contributed by atoms with Gasteiger partial charge in [-0.3, -0.25) is 0 Å². The van der Waals surface area contributed by atoms with Crippen molar-refractivity contribution in [1.29, 1.82) is 0 Å². The van der Waals surface area contributed by atoms with E-state index in [-0.39, 0.29) is 0 Å². The lowest BCUT2D eigenvalue weighted by Crippen LogP contribution is -2.33. The summed E-state index contributed by atoms with van der Waals surface area (Å²) in [6, 6.07) is 0.773. The Bertz CT molecular complexity index is 235. The van der Waals surface area contributed by atoms with Crippen LogP contribution in [0.25, 0.3) is 0 Å². The molecule has 2 aliphatic carbocycles. The van der Waals surface area contributed by atoms with E-state index >= 15 is 0 Å². The fourth-order valence-corrected chi connectivity index (χ4v) is 3.76. The summed E-state index contributed by atoms with van der Waals surface area (Å²) in [5.74, 6) is 1.80. The van der Waals surface area contributed by atoms with Gasteiger partial charge in [-0.15, -0.1) is 0 Å². The van der Waals surface area contributed by atoms with Crippen LogP contribution in [0.1, 0.15) is 71.6 Å². The Kier molecular flexibility index (Phi) is 6.66. The summed E-state index contributed by atoms with van der Waals surface area (Å²) in [4.78, 5) is 0. The van der Waals surface area contributed by atoms with Crippen molar-refractivity contribution in [3.05, 3.63) is 0 Å². The number of hydrogen-bond acceptors (Lipinski definition) is 2. The first-order valence-electron chi connectivity index (χ1n) is 8.64. The third-order valence-corrected chi connectivity index (χ3v) is 5.12. The fourth-order valence-electron chi connectivity index (χ4n) is 3.76. The lowest BCUT2D eigenvalue weighted by atomic mass is 9.89. The second kappa shape index (κ2) is 8.26. The van der Waals surface area contributed by atoms with Gasteiger partial charge in [0.2, 0.25) is 0 Å². The molecule has 2 rings (SSSR count). The Balaban J connectivity index is 1.59. The minimum atomic E-state index is 0.569. The van der Waals surface area contributed by atoms with Crippen LogP contribution in [0.5, 0.6) is 0 Å². The van der Waals surface area contributed by atoms with E-state index in [9.17, 15) is 0 Å². The van der Waals surface area contributed by atoms with Crippen molar-refractivity contribution in [2.75, 3.05) is 13.2 Å². The average molecular weight is 267 g/mol. The molecule has 0 saturated heterocycles. The van der Waals surface area contributed by atoms with E-state index in [1.54, 1.807) is 0 Å². The van der Waals surface area contributed by atoms with E-state index in [1.165, 1.54) is 64.3 Å². The summed E-state index contributed by atoms with van der Waals surface area (Å²) in [6.07, 6.45) is 12.6. The molecule has 0 spiro atoms. The monoisotopic (exact) mass is 267 g/mol. The predicted octanol–water partition coefficient (Wildman–Crippen LogP) is 4.14. The maximum atomic E-state index is 6.12. The lowest BCUT2D eigenvalue weighted by molar-refractivity contribution is 0.0123. The van der Waals surface area contributed by atoms with E-state index in [4.69, 9.17) is 4.74 Å². The molecule has 2 aliphatic rings. The van der Waals surface area contributed by atoms with Gasteiger partial charge in [-0.25, -0.2) is 0 Å². The van der Waals surface area contributed by atoms with Gasteiger partial charge in [0, 0.05) is 12.6 Å². The molecule has 0 aromatic heterocycles. The molecule has 2 saturated carbocycles. The van der Waals surface area contributed by atoms with Gasteiger partial charge in [-0.2, -0.15) is 0 Å². The van der Waals surface area contributed by atoms with Crippen LogP contribution in [0, 0.1) is 11.8 Å². The minimum Gasteiger partial charge on any atom is -0.378 e. The summed E-state index contributed by atoms with van der Waals surface area (Å²) in [5, 5.41) is 3.72. The van der Waals surface area contributed by atoms with Gasteiger partial charge in [0.05, 0.1) is 6.10 Å². The second-order valence-electron chi connectivity index (χ2n) is 6.79. The van der Waals surface area contributed by atoms with Crippen molar-refractivity contribution < 1.29 is 4.74 Å². The Hall–Kier alpha value is -0.0800. The van der Waals surface area contributed by atoms with Crippen molar-refractivity contribution in [3.8, 4) is 0 Å². The Labute approximate surface area is 119 Å². The van der Waals surface area contributed by atoms with E-state index in [0.29, 0.717) is 6.10 Å². The molecule has 0 aromatic carbocycles. The van der Waals surface area contributed by atoms with Crippen LogP contribution < -0.4 is 5.32 Å². The van der Waals surface area contributed by atoms with Crippen LogP contribution in [0.4, 0.5) is 0 Å². The van der Waals surface area contributed by atoms with Crippen LogP contribution in [0.3, 0.4) is 0 Å². The normalized spacial score (nSPS) is 35.7. The predicted molar refractivity (Wildman–Crippen MR) is 81.4 cm³/mol. The van der Waals surface area contributed by atoms with Gasteiger partial charge in [0.15, 0.2) is 0 Å². The smallest absolute Gasteiger partial charge is 0.0575 e. The second-order valence-corrected chi connectivity index (χ2v) is 6.79. The molecule has 2 atom stereocenters. The maximum absolute atomic E-state index is 6.12. The highest BCUT2D eigenvalue weighted by molar-refractivity contribution is 4.83. The molecule has 19 heavy (non-hydrogen) atoms. The maximum Gasteiger partial charge on any atom is 0.0575 e. The molecule has 112 valence electrons. The van der Waals surface area contributed by atoms with Crippen LogP contribution in [0.2, 0.25) is 0 Å². The van der Waals surface area contributed by atoms with Gasteiger partial charge in [-0.1, -0.05) is 20.3 Å². The number of rotatable bonds is 7. The van der Waals surface area contributed by atoms with E-state index in [0.717, 1.165) is 24.5 Å². The van der Waals surface area contributed by atoms with Gasteiger partial charge in [0.1, 0.15) is 0 Å². The quantitative estimate of drug-likeness (QED) is 0.748. The molecule has 2 unspecified atom stereocenters. The first kappa shape index (κ1) is 15.3. The highest BCUT2D eigenvalue weighted by atomic mass is 16.5. The van der Waals surface area contributed by atoms with Crippen LogP contribution in [0.15, 0.2) is 0 Å². The largest absolute Gasteiger partial charge is 0.378 e. The van der Waals surface area contributed by atoms with E-state index in [2.05, 4.69) is 19.2 Å². The molecule has 0 aliphatic heterocycles. The SMILES string of the molecule is CCCNC1CCCC1CCOC1CCC(C)CC1. The first-order chi connectivity index (χ1) is 9.29. The third-order valence-electron chi connectivity index (χ3n) is 5.12. The Morgan fingerprint density at radius 1 is 1.05 bits per heavy atom. The number of ether oxygens (including phenoxy) is 1. The molecular weight excluding hydrogens is 234 g/mol. The van der Waals surface area contributed by atoms with Crippen molar-refractivity contribution in [3.63, 3.8) is 0 Å². The summed E-state index contributed by atoms with van der Waals surface area (Å²) in [7, 11) is 0. The zero-order chi connectivity index (χ0) is 13.5.